The first-order chi connectivity index (χ1) is 14.3. The van der Waals surface area contributed by atoms with E-state index in [0.29, 0.717) is 62.4 Å². The van der Waals surface area contributed by atoms with Gasteiger partial charge in [-0.1, -0.05) is 6.07 Å². The Labute approximate surface area is 175 Å². The van der Waals surface area contributed by atoms with Crippen molar-refractivity contribution in [3.8, 4) is 17.2 Å². The molecular weight excluding hydrogens is 401 g/mol. The molecule has 0 saturated carbocycles. The van der Waals surface area contributed by atoms with Crippen molar-refractivity contribution in [2.45, 2.75) is 25.6 Å². The van der Waals surface area contributed by atoms with Crippen LogP contribution in [0.15, 0.2) is 17.1 Å². The summed E-state index contributed by atoms with van der Waals surface area (Å²) in [6, 6.07) is 2.31. The first kappa shape index (κ1) is 23.9. The van der Waals surface area contributed by atoms with E-state index in [9.17, 15) is 13.2 Å². The number of piperazine rings is 1. The lowest BCUT2D eigenvalue weighted by Gasteiger charge is -2.39. The molecule has 7 nitrogen and oxygen atoms in total. The molecule has 30 heavy (non-hydrogen) atoms. The standard InChI is InChI=1S/C20H31F3N4O3/c1-14(20(21,22)23)26-10-12-27(13-11-26)19(24-2)25-9-8-15-6-7-16(28-3)18(30-5)17(15)29-4/h6-7,14H,8-13H2,1-5H3,(H,24,25). The number of benzene rings is 1. The van der Waals surface area contributed by atoms with Crippen LogP contribution in [0, 0.1) is 0 Å². The second kappa shape index (κ2) is 10.6. The zero-order valence-corrected chi connectivity index (χ0v) is 18.2. The number of aliphatic imine (C=N–C) groups is 1. The van der Waals surface area contributed by atoms with Crippen LogP contribution in [0.2, 0.25) is 0 Å². The van der Waals surface area contributed by atoms with Gasteiger partial charge in [0.25, 0.3) is 0 Å². The average molecular weight is 432 g/mol. The highest BCUT2D eigenvalue weighted by molar-refractivity contribution is 5.80. The third-order valence-corrected chi connectivity index (χ3v) is 5.31. The van der Waals surface area contributed by atoms with Gasteiger partial charge in [-0.05, 0) is 19.4 Å². The Bertz CT molecular complexity index is 720. The zero-order valence-electron chi connectivity index (χ0n) is 18.2. The monoisotopic (exact) mass is 432 g/mol. The predicted octanol–water partition coefficient (Wildman–Crippen LogP) is 2.40. The van der Waals surface area contributed by atoms with Crippen LogP contribution in [0.5, 0.6) is 17.2 Å². The summed E-state index contributed by atoms with van der Waals surface area (Å²) in [5.41, 5.74) is 0.946. The molecule has 0 amide bonds. The molecule has 1 atom stereocenters. The van der Waals surface area contributed by atoms with Gasteiger partial charge in [0.05, 0.1) is 21.3 Å². The number of hydrogen-bond donors (Lipinski definition) is 1. The summed E-state index contributed by atoms with van der Waals surface area (Å²) in [6.07, 6.45) is -3.56. The van der Waals surface area contributed by atoms with Crippen LogP contribution in [-0.2, 0) is 6.42 Å². The lowest BCUT2D eigenvalue weighted by molar-refractivity contribution is -0.181. The predicted molar refractivity (Wildman–Crippen MR) is 110 cm³/mol. The lowest BCUT2D eigenvalue weighted by Crippen LogP contribution is -2.56. The fourth-order valence-corrected chi connectivity index (χ4v) is 3.53. The largest absolute Gasteiger partial charge is 0.493 e. The molecule has 0 radical (unpaired) electrons. The van der Waals surface area contributed by atoms with E-state index in [1.807, 2.05) is 17.0 Å². The van der Waals surface area contributed by atoms with Crippen molar-refractivity contribution in [2.24, 2.45) is 4.99 Å². The molecule has 1 aliphatic heterocycles. The molecule has 0 spiro atoms. The minimum absolute atomic E-state index is 0.338. The Morgan fingerprint density at radius 2 is 1.70 bits per heavy atom. The fraction of sp³-hybridized carbons (Fsp3) is 0.650. The van der Waals surface area contributed by atoms with E-state index in [1.165, 1.54) is 11.8 Å². The Hall–Kier alpha value is -2.36. The van der Waals surface area contributed by atoms with Gasteiger partial charge in [-0.15, -0.1) is 0 Å². The van der Waals surface area contributed by atoms with Gasteiger partial charge < -0.3 is 24.4 Å². The van der Waals surface area contributed by atoms with Crippen LogP contribution >= 0.6 is 0 Å². The Kier molecular flexibility index (Phi) is 8.45. The minimum atomic E-state index is -4.21. The third kappa shape index (κ3) is 5.62. The van der Waals surface area contributed by atoms with Gasteiger partial charge >= 0.3 is 6.18 Å². The summed E-state index contributed by atoms with van der Waals surface area (Å²) in [5.74, 6) is 2.42. The second-order valence-electron chi connectivity index (χ2n) is 6.96. The summed E-state index contributed by atoms with van der Waals surface area (Å²) in [6.45, 7) is 3.44. The van der Waals surface area contributed by atoms with E-state index < -0.39 is 12.2 Å². The molecule has 1 aliphatic rings. The molecule has 2 rings (SSSR count). The van der Waals surface area contributed by atoms with E-state index in [-0.39, 0.29) is 0 Å². The molecule has 170 valence electrons. The van der Waals surface area contributed by atoms with Gasteiger partial charge in [-0.2, -0.15) is 13.2 Å². The number of hydrogen-bond acceptors (Lipinski definition) is 5. The van der Waals surface area contributed by atoms with Crippen molar-refractivity contribution in [1.82, 2.24) is 15.1 Å². The molecule has 1 saturated heterocycles. The summed E-state index contributed by atoms with van der Waals surface area (Å²) in [5, 5.41) is 3.29. The molecule has 1 N–H and O–H groups in total. The van der Waals surface area contributed by atoms with Crippen molar-refractivity contribution in [3.63, 3.8) is 0 Å². The van der Waals surface area contributed by atoms with Gasteiger partial charge in [0.15, 0.2) is 17.5 Å². The number of guanidine groups is 1. The van der Waals surface area contributed by atoms with Crippen LogP contribution in [0.1, 0.15) is 12.5 Å². The van der Waals surface area contributed by atoms with Crippen LogP contribution in [0.25, 0.3) is 0 Å². The summed E-state index contributed by atoms with van der Waals surface area (Å²) in [4.78, 5) is 7.71. The highest BCUT2D eigenvalue weighted by atomic mass is 19.4. The topological polar surface area (TPSA) is 58.6 Å². The van der Waals surface area contributed by atoms with E-state index in [1.54, 1.807) is 28.4 Å². The average Bonchev–Trinajstić information content (AvgIpc) is 2.75. The molecule has 1 unspecified atom stereocenters. The molecular formula is C20H31F3N4O3. The van der Waals surface area contributed by atoms with E-state index >= 15 is 0 Å². The van der Waals surface area contributed by atoms with Crippen LogP contribution in [0.4, 0.5) is 13.2 Å². The number of halogens is 3. The first-order valence-corrected chi connectivity index (χ1v) is 9.81. The SMILES string of the molecule is CN=C(NCCc1ccc(OC)c(OC)c1OC)N1CCN(C(C)C(F)(F)F)CC1. The molecule has 1 aromatic rings. The molecule has 10 heteroatoms. The zero-order chi connectivity index (χ0) is 22.3. The highest BCUT2D eigenvalue weighted by Crippen LogP contribution is 2.39. The number of methoxy groups -OCH3 is 3. The minimum Gasteiger partial charge on any atom is -0.493 e. The van der Waals surface area contributed by atoms with Crippen molar-refractivity contribution in [1.29, 1.82) is 0 Å². The molecule has 0 aliphatic carbocycles. The van der Waals surface area contributed by atoms with Gasteiger partial charge in [-0.25, -0.2) is 0 Å². The van der Waals surface area contributed by atoms with E-state index in [2.05, 4.69) is 10.3 Å². The van der Waals surface area contributed by atoms with Crippen molar-refractivity contribution < 1.29 is 27.4 Å². The van der Waals surface area contributed by atoms with Gasteiger partial charge in [0.2, 0.25) is 5.75 Å². The van der Waals surface area contributed by atoms with Crippen LogP contribution in [0.3, 0.4) is 0 Å². The van der Waals surface area contributed by atoms with Crippen LogP contribution < -0.4 is 19.5 Å². The Morgan fingerprint density at radius 1 is 1.07 bits per heavy atom. The summed E-state index contributed by atoms with van der Waals surface area (Å²) >= 11 is 0. The van der Waals surface area contributed by atoms with Gasteiger partial charge in [-0.3, -0.25) is 9.89 Å². The van der Waals surface area contributed by atoms with Crippen LogP contribution in [-0.4, -0.2) is 89.1 Å². The number of nitrogens with zero attached hydrogens (tertiary/aromatic N) is 3. The number of nitrogens with one attached hydrogen (secondary N) is 1. The highest BCUT2D eigenvalue weighted by Gasteiger charge is 2.41. The first-order valence-electron chi connectivity index (χ1n) is 9.81. The van der Waals surface area contributed by atoms with Gasteiger partial charge in [0.1, 0.15) is 6.04 Å². The number of alkyl halides is 3. The summed E-state index contributed by atoms with van der Waals surface area (Å²) in [7, 11) is 6.37. The van der Waals surface area contributed by atoms with Gasteiger partial charge in [0, 0.05) is 45.3 Å². The molecule has 1 heterocycles. The quantitative estimate of drug-likeness (QED) is 0.528. The molecule has 1 fully saturated rings. The van der Waals surface area contributed by atoms with Crippen molar-refractivity contribution in [2.75, 3.05) is 61.1 Å². The molecule has 1 aromatic carbocycles. The number of rotatable bonds is 7. The second-order valence-corrected chi connectivity index (χ2v) is 6.96. The molecule has 0 bridgehead atoms. The number of ether oxygens (including phenoxy) is 3. The fourth-order valence-electron chi connectivity index (χ4n) is 3.53. The van der Waals surface area contributed by atoms with Crippen molar-refractivity contribution >= 4 is 5.96 Å². The third-order valence-electron chi connectivity index (χ3n) is 5.31. The Balaban J connectivity index is 1.93. The van der Waals surface area contributed by atoms with Crippen molar-refractivity contribution in [3.05, 3.63) is 17.7 Å². The maximum absolute atomic E-state index is 12.9. The molecule has 0 aromatic heterocycles. The lowest BCUT2D eigenvalue weighted by atomic mass is 10.1. The van der Waals surface area contributed by atoms with E-state index in [0.717, 1.165) is 5.56 Å². The normalized spacial score (nSPS) is 16.9. The summed E-state index contributed by atoms with van der Waals surface area (Å²) < 4.78 is 55.0. The maximum Gasteiger partial charge on any atom is 0.403 e. The maximum atomic E-state index is 12.9. The van der Waals surface area contributed by atoms with E-state index in [4.69, 9.17) is 14.2 Å². The Morgan fingerprint density at radius 3 is 2.20 bits per heavy atom. The smallest absolute Gasteiger partial charge is 0.403 e.